The average Bonchev–Trinajstić information content (AvgIpc) is 2.97. The van der Waals surface area contributed by atoms with Gasteiger partial charge in [0.25, 0.3) is 0 Å². The second-order valence-electron chi connectivity index (χ2n) is 4.85. The Morgan fingerprint density at radius 3 is 3.11 bits per heavy atom. The molecule has 0 unspecified atom stereocenters. The first-order valence-corrected chi connectivity index (χ1v) is 6.51. The largest absolute Gasteiger partial charge is 0.370 e. The van der Waals surface area contributed by atoms with Crippen molar-refractivity contribution in [3.8, 4) is 0 Å². The molecule has 0 atom stereocenters. The van der Waals surface area contributed by atoms with Gasteiger partial charge in [0.05, 0.1) is 6.20 Å². The van der Waals surface area contributed by atoms with E-state index in [4.69, 9.17) is 0 Å². The molecule has 0 spiro atoms. The number of rotatable bonds is 4. The van der Waals surface area contributed by atoms with E-state index in [1.807, 2.05) is 17.9 Å². The van der Waals surface area contributed by atoms with Gasteiger partial charge in [0.1, 0.15) is 5.82 Å². The van der Waals surface area contributed by atoms with Crippen LogP contribution in [0.25, 0.3) is 0 Å². The molecule has 18 heavy (non-hydrogen) atoms. The van der Waals surface area contributed by atoms with Crippen LogP contribution in [0.2, 0.25) is 0 Å². The second kappa shape index (κ2) is 4.80. The van der Waals surface area contributed by atoms with E-state index < -0.39 is 0 Å². The Bertz CT molecular complexity index is 544. The topological polar surface area (TPSA) is 42.7 Å². The zero-order valence-corrected chi connectivity index (χ0v) is 10.7. The van der Waals surface area contributed by atoms with Gasteiger partial charge in [-0.25, -0.2) is 4.98 Å². The van der Waals surface area contributed by atoms with Crippen LogP contribution in [-0.2, 0) is 26.3 Å². The minimum absolute atomic E-state index is 0.900. The molecule has 0 saturated carbocycles. The Labute approximate surface area is 107 Å². The molecule has 1 N–H and O–H groups in total. The molecule has 2 aromatic heterocycles. The van der Waals surface area contributed by atoms with Crippen molar-refractivity contribution in [2.45, 2.75) is 25.7 Å². The summed E-state index contributed by atoms with van der Waals surface area (Å²) in [6.45, 7) is 0.900. The minimum Gasteiger partial charge on any atom is -0.370 e. The maximum Gasteiger partial charge on any atom is 0.126 e. The van der Waals surface area contributed by atoms with Gasteiger partial charge in [-0.1, -0.05) is 6.07 Å². The van der Waals surface area contributed by atoms with Gasteiger partial charge >= 0.3 is 0 Å². The minimum atomic E-state index is 0.900. The van der Waals surface area contributed by atoms with E-state index in [0.29, 0.717) is 0 Å². The molecule has 0 fully saturated rings. The van der Waals surface area contributed by atoms with Gasteiger partial charge in [0, 0.05) is 25.5 Å². The van der Waals surface area contributed by atoms with Crippen molar-refractivity contribution in [3.05, 3.63) is 41.3 Å². The number of nitrogens with one attached hydrogen (secondary N) is 1. The van der Waals surface area contributed by atoms with Crippen molar-refractivity contribution in [2.24, 2.45) is 7.05 Å². The third kappa shape index (κ3) is 2.37. The van der Waals surface area contributed by atoms with Crippen LogP contribution < -0.4 is 5.32 Å². The lowest BCUT2D eigenvalue weighted by Gasteiger charge is -2.06. The zero-order chi connectivity index (χ0) is 12.4. The van der Waals surface area contributed by atoms with Gasteiger partial charge in [-0.15, -0.1) is 0 Å². The molecule has 0 saturated heterocycles. The maximum absolute atomic E-state index is 4.66. The van der Waals surface area contributed by atoms with Gasteiger partial charge < -0.3 is 5.32 Å². The summed E-state index contributed by atoms with van der Waals surface area (Å²) in [6, 6.07) is 4.30. The fourth-order valence-electron chi connectivity index (χ4n) is 2.45. The summed E-state index contributed by atoms with van der Waals surface area (Å²) < 4.78 is 1.84. The van der Waals surface area contributed by atoms with Gasteiger partial charge in [0.2, 0.25) is 0 Å². The van der Waals surface area contributed by atoms with Crippen LogP contribution in [0.4, 0.5) is 5.82 Å². The second-order valence-corrected chi connectivity index (χ2v) is 4.85. The molecule has 0 amide bonds. The van der Waals surface area contributed by atoms with Gasteiger partial charge in [-0.3, -0.25) is 4.68 Å². The molecule has 1 aliphatic rings. The molecule has 3 rings (SSSR count). The van der Waals surface area contributed by atoms with Crippen LogP contribution in [0.5, 0.6) is 0 Å². The highest BCUT2D eigenvalue weighted by Gasteiger charge is 2.12. The summed E-state index contributed by atoms with van der Waals surface area (Å²) in [5.74, 6) is 1.000. The fraction of sp³-hybridized carbons (Fsp3) is 0.429. The highest BCUT2D eigenvalue weighted by atomic mass is 15.2. The quantitative estimate of drug-likeness (QED) is 0.891. The van der Waals surface area contributed by atoms with E-state index in [1.54, 1.807) is 0 Å². The monoisotopic (exact) mass is 242 g/mol. The first kappa shape index (κ1) is 11.3. The van der Waals surface area contributed by atoms with E-state index in [-0.39, 0.29) is 0 Å². The van der Waals surface area contributed by atoms with Crippen LogP contribution >= 0.6 is 0 Å². The predicted octanol–water partition coefficient (Wildman–Crippen LogP) is 1.96. The van der Waals surface area contributed by atoms with E-state index in [1.165, 1.54) is 29.7 Å². The van der Waals surface area contributed by atoms with E-state index in [2.05, 4.69) is 33.7 Å². The number of aryl methyl sites for hydroxylation is 3. The molecule has 2 heterocycles. The lowest BCUT2D eigenvalue weighted by Crippen LogP contribution is -2.06. The molecular weight excluding hydrogens is 224 g/mol. The van der Waals surface area contributed by atoms with Gasteiger partial charge in [-0.05, 0) is 42.9 Å². The highest BCUT2D eigenvalue weighted by Crippen LogP contribution is 2.21. The summed E-state index contributed by atoms with van der Waals surface area (Å²) in [7, 11) is 1.94. The summed E-state index contributed by atoms with van der Waals surface area (Å²) in [4.78, 5) is 4.66. The zero-order valence-electron chi connectivity index (χ0n) is 10.7. The van der Waals surface area contributed by atoms with Gasteiger partial charge in [0.15, 0.2) is 0 Å². The Kier molecular flexibility index (Phi) is 3.00. The van der Waals surface area contributed by atoms with Crippen molar-refractivity contribution < 1.29 is 0 Å². The molecular formula is C14H18N4. The molecule has 94 valence electrons. The summed E-state index contributed by atoms with van der Waals surface area (Å²) in [5.41, 5.74) is 3.96. The Balaban J connectivity index is 1.57. The van der Waals surface area contributed by atoms with Crippen LogP contribution in [-0.4, -0.2) is 21.3 Å². The number of hydrogen-bond donors (Lipinski definition) is 1. The molecule has 0 aromatic carbocycles. The third-order valence-electron chi connectivity index (χ3n) is 3.41. The number of fused-ring (bicyclic) bond motifs is 1. The standard InChI is InChI=1S/C14H18N4/c1-18-10-11(9-16-18)7-8-15-14-6-5-12-3-2-4-13(12)17-14/h5-6,9-10H,2-4,7-8H2,1H3,(H,15,17). The molecule has 4 nitrogen and oxygen atoms in total. The van der Waals surface area contributed by atoms with Crippen molar-refractivity contribution in [3.63, 3.8) is 0 Å². The first-order valence-electron chi connectivity index (χ1n) is 6.51. The smallest absolute Gasteiger partial charge is 0.126 e. The molecule has 1 aliphatic carbocycles. The van der Waals surface area contributed by atoms with Crippen LogP contribution in [0, 0.1) is 0 Å². The van der Waals surface area contributed by atoms with Crippen molar-refractivity contribution >= 4 is 5.82 Å². The molecule has 0 bridgehead atoms. The van der Waals surface area contributed by atoms with Crippen LogP contribution in [0.15, 0.2) is 24.5 Å². The normalized spacial score (nSPS) is 13.6. The molecule has 4 heteroatoms. The lowest BCUT2D eigenvalue weighted by atomic mass is 10.2. The van der Waals surface area contributed by atoms with Crippen molar-refractivity contribution in [2.75, 3.05) is 11.9 Å². The third-order valence-corrected chi connectivity index (χ3v) is 3.41. The molecule has 2 aromatic rings. The number of hydrogen-bond acceptors (Lipinski definition) is 3. The number of nitrogens with zero attached hydrogens (tertiary/aromatic N) is 3. The predicted molar refractivity (Wildman–Crippen MR) is 71.7 cm³/mol. The maximum atomic E-state index is 4.66. The Morgan fingerprint density at radius 1 is 1.33 bits per heavy atom. The number of anilines is 1. The van der Waals surface area contributed by atoms with E-state index in [0.717, 1.165) is 25.2 Å². The summed E-state index contributed by atoms with van der Waals surface area (Å²) in [6.07, 6.45) is 8.52. The molecule has 0 aliphatic heterocycles. The summed E-state index contributed by atoms with van der Waals surface area (Å²) in [5, 5.41) is 7.55. The Morgan fingerprint density at radius 2 is 2.28 bits per heavy atom. The Hall–Kier alpha value is -1.84. The molecule has 0 radical (unpaired) electrons. The number of aromatic nitrogens is 3. The highest BCUT2D eigenvalue weighted by molar-refractivity contribution is 5.40. The van der Waals surface area contributed by atoms with Crippen molar-refractivity contribution in [1.82, 2.24) is 14.8 Å². The van der Waals surface area contributed by atoms with Crippen molar-refractivity contribution in [1.29, 1.82) is 0 Å². The summed E-state index contributed by atoms with van der Waals surface area (Å²) >= 11 is 0. The van der Waals surface area contributed by atoms with Crippen LogP contribution in [0.1, 0.15) is 23.2 Å². The van der Waals surface area contributed by atoms with E-state index >= 15 is 0 Å². The SMILES string of the molecule is Cn1cc(CCNc2ccc3c(n2)CCC3)cn1. The lowest BCUT2D eigenvalue weighted by molar-refractivity contribution is 0.767. The van der Waals surface area contributed by atoms with E-state index in [9.17, 15) is 0 Å². The van der Waals surface area contributed by atoms with Gasteiger partial charge in [-0.2, -0.15) is 5.10 Å². The fourth-order valence-corrected chi connectivity index (χ4v) is 2.45. The average molecular weight is 242 g/mol. The number of pyridine rings is 1. The first-order chi connectivity index (χ1) is 8.81. The van der Waals surface area contributed by atoms with Crippen LogP contribution in [0.3, 0.4) is 0 Å².